The quantitative estimate of drug-likeness (QED) is 0.272. The number of amides is 1. The van der Waals surface area contributed by atoms with E-state index in [0.29, 0.717) is 11.3 Å². The minimum Gasteiger partial charge on any atom is -0.507 e. The molecule has 0 radical (unpaired) electrons. The van der Waals surface area contributed by atoms with E-state index in [-0.39, 0.29) is 32.6 Å². The molecule has 4 rings (SSSR count). The summed E-state index contributed by atoms with van der Waals surface area (Å²) in [4.78, 5) is 27.5. The molecule has 0 spiro atoms. The molecule has 1 amide bonds. The Labute approximate surface area is 204 Å². The van der Waals surface area contributed by atoms with Crippen molar-refractivity contribution in [2.24, 2.45) is 0 Å². The third-order valence-corrected chi connectivity index (χ3v) is 6.19. The Morgan fingerprint density at radius 1 is 0.971 bits per heavy atom. The van der Waals surface area contributed by atoms with Crippen LogP contribution in [0.2, 0.25) is 10.0 Å². The van der Waals surface area contributed by atoms with Crippen LogP contribution >= 0.6 is 23.2 Å². The Morgan fingerprint density at radius 2 is 1.74 bits per heavy atom. The van der Waals surface area contributed by atoms with Crippen LogP contribution in [0.25, 0.3) is 5.76 Å². The van der Waals surface area contributed by atoms with Gasteiger partial charge >= 0.3 is 0 Å². The first kappa shape index (κ1) is 23.6. The van der Waals surface area contributed by atoms with Crippen molar-refractivity contribution in [1.29, 1.82) is 0 Å². The molecule has 1 heterocycles. The average molecular weight is 502 g/mol. The van der Waals surface area contributed by atoms with Gasteiger partial charge in [-0.15, -0.1) is 0 Å². The molecule has 1 aliphatic heterocycles. The Kier molecular flexibility index (Phi) is 6.50. The second-order valence-corrected chi connectivity index (χ2v) is 8.20. The number of aliphatic hydroxyl groups is 1. The van der Waals surface area contributed by atoms with Gasteiger partial charge in [0.05, 0.1) is 41.4 Å². The molecule has 1 atom stereocenters. The van der Waals surface area contributed by atoms with E-state index in [1.165, 1.54) is 56.7 Å². The molecular formula is C25H18Cl2FNO5. The number of hydrogen-bond donors (Lipinski definition) is 1. The molecular weight excluding hydrogens is 484 g/mol. The fraction of sp³-hybridized carbons (Fsp3) is 0.120. The predicted octanol–water partition coefficient (Wildman–Crippen LogP) is 5.78. The summed E-state index contributed by atoms with van der Waals surface area (Å²) in [6, 6.07) is 13.4. The molecule has 0 saturated carbocycles. The second-order valence-electron chi connectivity index (χ2n) is 7.39. The highest BCUT2D eigenvalue weighted by atomic mass is 35.5. The molecule has 174 valence electrons. The highest BCUT2D eigenvalue weighted by Crippen LogP contribution is 2.44. The van der Waals surface area contributed by atoms with Gasteiger partial charge < -0.3 is 14.6 Å². The summed E-state index contributed by atoms with van der Waals surface area (Å²) >= 11 is 12.3. The van der Waals surface area contributed by atoms with Crippen molar-refractivity contribution in [2.45, 2.75) is 6.04 Å². The molecule has 1 aliphatic rings. The monoisotopic (exact) mass is 501 g/mol. The number of rotatable bonds is 5. The van der Waals surface area contributed by atoms with E-state index in [2.05, 4.69) is 0 Å². The number of aliphatic hydroxyl groups excluding tert-OH is 1. The predicted molar refractivity (Wildman–Crippen MR) is 127 cm³/mol. The lowest BCUT2D eigenvalue weighted by molar-refractivity contribution is -0.132. The maximum atomic E-state index is 14.0. The molecule has 34 heavy (non-hydrogen) atoms. The largest absolute Gasteiger partial charge is 0.507 e. The first-order chi connectivity index (χ1) is 16.3. The zero-order chi connectivity index (χ0) is 24.6. The van der Waals surface area contributed by atoms with Crippen LogP contribution < -0.4 is 14.4 Å². The van der Waals surface area contributed by atoms with E-state index in [1.807, 2.05) is 0 Å². The minimum absolute atomic E-state index is 0.138. The summed E-state index contributed by atoms with van der Waals surface area (Å²) in [5.41, 5.74) is 0.493. The Balaban J connectivity index is 1.99. The molecule has 3 aromatic rings. The van der Waals surface area contributed by atoms with Crippen molar-refractivity contribution in [1.82, 2.24) is 0 Å². The fourth-order valence-corrected chi connectivity index (χ4v) is 4.17. The van der Waals surface area contributed by atoms with Crippen LogP contribution in [0.3, 0.4) is 0 Å². The van der Waals surface area contributed by atoms with E-state index in [4.69, 9.17) is 32.7 Å². The summed E-state index contributed by atoms with van der Waals surface area (Å²) < 4.78 is 24.6. The van der Waals surface area contributed by atoms with E-state index in [9.17, 15) is 19.1 Å². The molecule has 0 bridgehead atoms. The molecule has 6 nitrogen and oxygen atoms in total. The number of methoxy groups -OCH3 is 2. The second kappa shape index (κ2) is 9.37. The van der Waals surface area contributed by atoms with E-state index < -0.39 is 29.3 Å². The smallest absolute Gasteiger partial charge is 0.300 e. The zero-order valence-electron chi connectivity index (χ0n) is 18.0. The number of ketones is 1. The number of carbonyl (C=O) groups is 2. The topological polar surface area (TPSA) is 76.1 Å². The van der Waals surface area contributed by atoms with Gasteiger partial charge in [-0.1, -0.05) is 35.3 Å². The average Bonchev–Trinajstić information content (AvgIpc) is 3.10. The van der Waals surface area contributed by atoms with Crippen molar-refractivity contribution in [2.75, 3.05) is 19.1 Å². The van der Waals surface area contributed by atoms with Crippen LogP contribution in [-0.4, -0.2) is 31.0 Å². The van der Waals surface area contributed by atoms with Gasteiger partial charge in [0.15, 0.2) is 0 Å². The van der Waals surface area contributed by atoms with Crippen LogP contribution in [0.15, 0.2) is 66.2 Å². The third kappa shape index (κ3) is 4.08. The first-order valence-corrected chi connectivity index (χ1v) is 10.8. The maximum Gasteiger partial charge on any atom is 0.300 e. The number of carbonyl (C=O) groups excluding carboxylic acids is 2. The minimum atomic E-state index is -1.11. The van der Waals surface area contributed by atoms with Gasteiger partial charge in [-0.25, -0.2) is 4.39 Å². The standard InChI is InChI=1S/C25H18Cl2FNO5/c1-33-16-7-8-17(20(12-16)34-2)23(30)21-22(13-6-9-18(26)19(27)10-13)29(25(32)24(21)31)15-5-3-4-14(28)11-15/h3-12,22,30H,1-2H3/b23-21-. The van der Waals surface area contributed by atoms with Gasteiger partial charge in [-0.2, -0.15) is 0 Å². The number of nitrogens with zero attached hydrogens (tertiary/aromatic N) is 1. The van der Waals surface area contributed by atoms with Crippen LogP contribution in [-0.2, 0) is 9.59 Å². The normalized spacial score (nSPS) is 17.2. The third-order valence-electron chi connectivity index (χ3n) is 5.45. The van der Waals surface area contributed by atoms with Crippen molar-refractivity contribution in [3.63, 3.8) is 0 Å². The van der Waals surface area contributed by atoms with Gasteiger partial charge in [0.25, 0.3) is 11.7 Å². The Bertz CT molecular complexity index is 1340. The lowest BCUT2D eigenvalue weighted by atomic mass is 9.94. The van der Waals surface area contributed by atoms with Gasteiger partial charge in [0.1, 0.15) is 23.1 Å². The highest BCUT2D eigenvalue weighted by Gasteiger charge is 2.47. The summed E-state index contributed by atoms with van der Waals surface area (Å²) in [6.07, 6.45) is 0. The molecule has 1 unspecified atom stereocenters. The summed E-state index contributed by atoms with van der Waals surface area (Å²) in [6.45, 7) is 0. The number of Topliss-reactive ketones (excluding diaryl/α,β-unsaturated/α-hetero) is 1. The lowest BCUT2D eigenvalue weighted by Crippen LogP contribution is -2.29. The number of hydrogen-bond acceptors (Lipinski definition) is 5. The van der Waals surface area contributed by atoms with Gasteiger partial charge in [-0.3, -0.25) is 14.5 Å². The van der Waals surface area contributed by atoms with E-state index >= 15 is 0 Å². The molecule has 0 aromatic heterocycles. The Hall–Kier alpha value is -3.55. The van der Waals surface area contributed by atoms with Gasteiger partial charge in [0, 0.05) is 11.8 Å². The number of anilines is 1. The van der Waals surface area contributed by atoms with Crippen LogP contribution in [0, 0.1) is 5.82 Å². The fourth-order valence-electron chi connectivity index (χ4n) is 3.86. The molecule has 3 aromatic carbocycles. The van der Waals surface area contributed by atoms with Crippen LogP contribution in [0.4, 0.5) is 10.1 Å². The SMILES string of the molecule is COc1ccc(/C(O)=C2/C(=O)C(=O)N(c3cccc(F)c3)C2c2ccc(Cl)c(Cl)c2)c(OC)c1. The highest BCUT2D eigenvalue weighted by molar-refractivity contribution is 6.52. The van der Waals surface area contributed by atoms with Crippen LogP contribution in [0.5, 0.6) is 11.5 Å². The summed E-state index contributed by atoms with van der Waals surface area (Å²) in [5, 5.41) is 11.7. The maximum absolute atomic E-state index is 14.0. The summed E-state index contributed by atoms with van der Waals surface area (Å²) in [5.74, 6) is -2.25. The van der Waals surface area contributed by atoms with Crippen LogP contribution in [0.1, 0.15) is 17.2 Å². The van der Waals surface area contributed by atoms with E-state index in [0.717, 1.165) is 11.0 Å². The Morgan fingerprint density at radius 3 is 2.38 bits per heavy atom. The number of ether oxygens (including phenoxy) is 2. The molecule has 1 fully saturated rings. The van der Waals surface area contributed by atoms with E-state index in [1.54, 1.807) is 12.1 Å². The van der Waals surface area contributed by atoms with Crippen molar-refractivity contribution >= 4 is 46.3 Å². The molecule has 9 heteroatoms. The zero-order valence-corrected chi connectivity index (χ0v) is 19.5. The van der Waals surface area contributed by atoms with Crippen molar-refractivity contribution < 1.29 is 28.6 Å². The first-order valence-electron chi connectivity index (χ1n) is 10.0. The van der Waals surface area contributed by atoms with Gasteiger partial charge in [-0.05, 0) is 48.0 Å². The number of halogens is 3. The molecule has 1 N–H and O–H groups in total. The van der Waals surface area contributed by atoms with Crippen molar-refractivity contribution in [3.8, 4) is 11.5 Å². The van der Waals surface area contributed by atoms with Crippen molar-refractivity contribution in [3.05, 3.63) is 93.2 Å². The molecule has 0 aliphatic carbocycles. The lowest BCUT2D eigenvalue weighted by Gasteiger charge is -2.26. The number of benzene rings is 3. The summed E-state index contributed by atoms with van der Waals surface area (Å²) in [7, 11) is 2.87. The van der Waals surface area contributed by atoms with Gasteiger partial charge in [0.2, 0.25) is 0 Å². The molecule has 1 saturated heterocycles.